The first-order valence-electron chi connectivity index (χ1n) is 8.77. The summed E-state index contributed by atoms with van der Waals surface area (Å²) in [4.78, 5) is 12.9. The van der Waals surface area contributed by atoms with Crippen molar-refractivity contribution in [2.45, 2.75) is 45.4 Å². The Labute approximate surface area is 138 Å². The summed E-state index contributed by atoms with van der Waals surface area (Å²) < 4.78 is 0. The van der Waals surface area contributed by atoms with Gasteiger partial charge in [-0.25, -0.2) is 0 Å². The molecule has 1 saturated carbocycles. The highest BCUT2D eigenvalue weighted by Crippen LogP contribution is 2.69. The molecule has 2 aliphatic rings. The van der Waals surface area contributed by atoms with Gasteiger partial charge in [0.1, 0.15) is 5.78 Å². The topological polar surface area (TPSA) is 17.1 Å². The zero-order chi connectivity index (χ0) is 15.9. The van der Waals surface area contributed by atoms with Gasteiger partial charge in [-0.1, -0.05) is 61.5 Å². The van der Waals surface area contributed by atoms with Crippen LogP contribution >= 0.6 is 0 Å². The van der Waals surface area contributed by atoms with Crippen LogP contribution in [0.1, 0.15) is 42.9 Å². The van der Waals surface area contributed by atoms with Gasteiger partial charge in [0.2, 0.25) is 0 Å². The molecule has 0 radical (unpaired) electrons. The summed E-state index contributed by atoms with van der Waals surface area (Å²) in [7, 11) is 0. The van der Waals surface area contributed by atoms with E-state index in [2.05, 4.69) is 61.5 Å². The van der Waals surface area contributed by atoms with E-state index in [0.717, 1.165) is 38.5 Å². The number of rotatable bonds is 3. The van der Waals surface area contributed by atoms with Gasteiger partial charge in [-0.3, -0.25) is 4.79 Å². The first-order valence-corrected chi connectivity index (χ1v) is 8.77. The number of carbonyl (C=O) groups excluding carboxylic acids is 1. The van der Waals surface area contributed by atoms with Crippen LogP contribution in [0.4, 0.5) is 0 Å². The molecule has 0 saturated heterocycles. The average Bonchev–Trinajstić information content (AvgIpc) is 3.22. The third kappa shape index (κ3) is 2.43. The molecule has 2 aromatic carbocycles. The normalized spacial score (nSPS) is 29.2. The number of Topliss-reactive ketones (excluding diaryl/α,β-unsaturated/α-hetero) is 1. The number of hydrogen-bond acceptors (Lipinski definition) is 1. The molecule has 1 heteroatoms. The van der Waals surface area contributed by atoms with Crippen molar-refractivity contribution in [1.29, 1.82) is 0 Å². The molecule has 0 bridgehead atoms. The molecule has 2 aromatic rings. The molecule has 0 N–H and O–H groups in total. The number of benzene rings is 2. The SMILES string of the molecule is C[C@@]1(CCc2ccccc2)C[C@]12Cc1ccccc1CCC2=O. The first kappa shape index (κ1) is 14.7. The maximum absolute atomic E-state index is 12.9. The van der Waals surface area contributed by atoms with Crippen LogP contribution in [0.3, 0.4) is 0 Å². The Bertz CT molecular complexity index is 733. The Hall–Kier alpha value is -1.89. The average molecular weight is 304 g/mol. The standard InChI is InChI=1S/C22H24O/c1-21(14-13-17-7-3-2-4-8-17)16-22(21)15-19-10-6-5-9-18(19)11-12-20(22)23/h2-10H,11-16H2,1H3/t21-,22+/m1/s1. The molecule has 0 aliphatic heterocycles. The number of carbonyl (C=O) groups is 1. The highest BCUT2D eigenvalue weighted by atomic mass is 16.1. The molecule has 2 atom stereocenters. The number of aryl methyl sites for hydroxylation is 2. The maximum Gasteiger partial charge on any atom is 0.140 e. The minimum absolute atomic E-state index is 0.0889. The lowest BCUT2D eigenvalue weighted by atomic mass is 9.82. The largest absolute Gasteiger partial charge is 0.299 e. The Morgan fingerprint density at radius 1 is 0.913 bits per heavy atom. The van der Waals surface area contributed by atoms with Gasteiger partial charge in [0.05, 0.1) is 0 Å². The Kier molecular flexibility index (Phi) is 3.41. The van der Waals surface area contributed by atoms with Gasteiger partial charge in [0.25, 0.3) is 0 Å². The smallest absolute Gasteiger partial charge is 0.140 e. The van der Waals surface area contributed by atoms with E-state index < -0.39 is 0 Å². The lowest BCUT2D eigenvalue weighted by molar-refractivity contribution is -0.125. The minimum atomic E-state index is -0.0889. The van der Waals surface area contributed by atoms with E-state index in [0.29, 0.717) is 5.78 Å². The summed E-state index contributed by atoms with van der Waals surface area (Å²) in [5.74, 6) is 0.504. The van der Waals surface area contributed by atoms with Crippen molar-refractivity contribution in [2.75, 3.05) is 0 Å². The van der Waals surface area contributed by atoms with E-state index in [1.165, 1.54) is 16.7 Å². The quantitative estimate of drug-likeness (QED) is 0.798. The third-order valence-corrected chi connectivity index (χ3v) is 6.30. The molecule has 23 heavy (non-hydrogen) atoms. The molecule has 4 rings (SSSR count). The van der Waals surface area contributed by atoms with Crippen LogP contribution in [0.5, 0.6) is 0 Å². The van der Waals surface area contributed by atoms with Crippen LogP contribution < -0.4 is 0 Å². The van der Waals surface area contributed by atoms with E-state index >= 15 is 0 Å². The highest BCUT2D eigenvalue weighted by Gasteiger charge is 2.67. The number of hydrogen-bond donors (Lipinski definition) is 0. The second-order valence-electron chi connectivity index (χ2n) is 7.67. The minimum Gasteiger partial charge on any atom is -0.299 e. The summed E-state index contributed by atoms with van der Waals surface area (Å²) in [6.45, 7) is 2.34. The van der Waals surface area contributed by atoms with Crippen LogP contribution in [0.25, 0.3) is 0 Å². The van der Waals surface area contributed by atoms with E-state index in [4.69, 9.17) is 0 Å². The van der Waals surface area contributed by atoms with Crippen molar-refractivity contribution < 1.29 is 4.79 Å². The van der Waals surface area contributed by atoms with Crippen molar-refractivity contribution in [3.05, 3.63) is 71.3 Å². The Balaban J connectivity index is 1.55. The zero-order valence-electron chi connectivity index (χ0n) is 13.8. The van der Waals surface area contributed by atoms with Crippen LogP contribution in [0.15, 0.2) is 54.6 Å². The maximum atomic E-state index is 12.9. The molecule has 1 fully saturated rings. The van der Waals surface area contributed by atoms with E-state index in [1.54, 1.807) is 0 Å². The van der Waals surface area contributed by atoms with E-state index in [9.17, 15) is 4.79 Å². The summed E-state index contributed by atoms with van der Waals surface area (Å²) >= 11 is 0. The van der Waals surface area contributed by atoms with Crippen molar-refractivity contribution in [1.82, 2.24) is 0 Å². The lowest BCUT2D eigenvalue weighted by Gasteiger charge is -2.21. The van der Waals surface area contributed by atoms with E-state index in [1.807, 2.05) is 0 Å². The molecule has 0 unspecified atom stereocenters. The van der Waals surface area contributed by atoms with Crippen molar-refractivity contribution in [2.24, 2.45) is 10.8 Å². The molecule has 1 nitrogen and oxygen atoms in total. The Morgan fingerprint density at radius 3 is 2.39 bits per heavy atom. The highest BCUT2D eigenvalue weighted by molar-refractivity contribution is 5.90. The summed E-state index contributed by atoms with van der Waals surface area (Å²) in [6.07, 6.45) is 5.86. The van der Waals surface area contributed by atoms with Crippen LogP contribution in [0, 0.1) is 10.8 Å². The lowest BCUT2D eigenvalue weighted by Crippen LogP contribution is -2.24. The molecule has 0 amide bonds. The molecular weight excluding hydrogens is 280 g/mol. The summed E-state index contributed by atoms with van der Waals surface area (Å²) in [5.41, 5.74) is 4.26. The molecule has 118 valence electrons. The second kappa shape index (κ2) is 5.33. The zero-order valence-corrected chi connectivity index (χ0v) is 13.8. The fourth-order valence-electron chi connectivity index (χ4n) is 4.61. The van der Waals surface area contributed by atoms with Gasteiger partial charge >= 0.3 is 0 Å². The molecule has 2 aliphatic carbocycles. The molecule has 0 heterocycles. The van der Waals surface area contributed by atoms with Crippen LogP contribution in [0.2, 0.25) is 0 Å². The number of ketones is 1. The van der Waals surface area contributed by atoms with Crippen molar-refractivity contribution in [3.8, 4) is 0 Å². The van der Waals surface area contributed by atoms with Crippen LogP contribution in [-0.2, 0) is 24.1 Å². The van der Waals surface area contributed by atoms with Gasteiger partial charge in [-0.05, 0) is 54.2 Å². The van der Waals surface area contributed by atoms with Gasteiger partial charge in [0, 0.05) is 11.8 Å². The van der Waals surface area contributed by atoms with Gasteiger partial charge in [0.15, 0.2) is 0 Å². The predicted molar refractivity (Wildman–Crippen MR) is 93.4 cm³/mol. The first-order chi connectivity index (χ1) is 11.1. The second-order valence-corrected chi connectivity index (χ2v) is 7.67. The summed E-state index contributed by atoms with van der Waals surface area (Å²) in [5, 5.41) is 0. The van der Waals surface area contributed by atoms with E-state index in [-0.39, 0.29) is 10.8 Å². The fraction of sp³-hybridized carbons (Fsp3) is 0.409. The molecule has 1 spiro atoms. The monoisotopic (exact) mass is 304 g/mol. The fourth-order valence-corrected chi connectivity index (χ4v) is 4.61. The molecular formula is C22H24O. The van der Waals surface area contributed by atoms with Crippen LogP contribution in [-0.4, -0.2) is 5.78 Å². The van der Waals surface area contributed by atoms with Gasteiger partial charge in [-0.2, -0.15) is 0 Å². The van der Waals surface area contributed by atoms with Crippen molar-refractivity contribution >= 4 is 5.78 Å². The van der Waals surface area contributed by atoms with Gasteiger partial charge < -0.3 is 0 Å². The van der Waals surface area contributed by atoms with Gasteiger partial charge in [-0.15, -0.1) is 0 Å². The summed E-state index contributed by atoms with van der Waals surface area (Å²) in [6, 6.07) is 19.3. The third-order valence-electron chi connectivity index (χ3n) is 6.30. The predicted octanol–water partition coefficient (Wildman–Crippen LogP) is 4.77. The molecule has 0 aromatic heterocycles. The van der Waals surface area contributed by atoms with Crippen molar-refractivity contribution in [3.63, 3.8) is 0 Å². The Morgan fingerprint density at radius 2 is 1.61 bits per heavy atom. The number of fused-ring (bicyclic) bond motifs is 1.